The number of hydrogen-bond acceptors (Lipinski definition) is 7. The van der Waals surface area contributed by atoms with E-state index in [1.807, 2.05) is 45.0 Å². The van der Waals surface area contributed by atoms with E-state index in [1.54, 1.807) is 24.0 Å². The number of para-hydroxylation sites is 1. The standard InChI is InChI=1S/C29H33ClF2N2O4S.BH3O2/c1-29(2,3)38-28(36)33(4)18-10-12-19(13-11-18)34(16-17-8-6-7-9-22(17)37-5)27(35)26-24(30)23-20(31)14-15-21(32)25(23)39-26;2-1-3/h6-9,14-15,18-19H,10-13,16H2,1-5H3;1-3H. The summed E-state index contributed by atoms with van der Waals surface area (Å²) in [6, 6.07) is 9.25. The van der Waals surface area contributed by atoms with Gasteiger partial charge in [0.05, 0.1) is 22.2 Å². The Kier molecular flexibility index (Phi) is 11.6. The Labute approximate surface area is 254 Å². The zero-order valence-electron chi connectivity index (χ0n) is 24.3. The van der Waals surface area contributed by atoms with E-state index in [0.717, 1.165) is 29.0 Å². The first-order valence-electron chi connectivity index (χ1n) is 13.5. The second-order valence-electron chi connectivity index (χ2n) is 10.9. The fourth-order valence-corrected chi connectivity index (χ4v) is 6.49. The summed E-state index contributed by atoms with van der Waals surface area (Å²) in [6.07, 6.45) is 2.21. The Morgan fingerprint density at radius 1 is 1.05 bits per heavy atom. The molecule has 0 unspecified atom stereocenters. The van der Waals surface area contributed by atoms with Gasteiger partial charge in [0, 0.05) is 31.2 Å². The molecule has 1 aromatic heterocycles. The van der Waals surface area contributed by atoms with E-state index in [1.165, 1.54) is 0 Å². The fourth-order valence-electron chi connectivity index (χ4n) is 4.99. The zero-order valence-corrected chi connectivity index (χ0v) is 25.9. The average molecular weight is 625 g/mol. The van der Waals surface area contributed by atoms with E-state index < -0.39 is 30.8 Å². The molecule has 3 aromatic rings. The minimum Gasteiger partial charge on any atom is -0.496 e. The Hall–Kier alpha value is -2.93. The van der Waals surface area contributed by atoms with Gasteiger partial charge in [0.25, 0.3) is 5.91 Å². The molecule has 0 bridgehead atoms. The maximum absolute atomic E-state index is 14.6. The van der Waals surface area contributed by atoms with Crippen molar-refractivity contribution in [2.45, 2.75) is 70.7 Å². The van der Waals surface area contributed by atoms with Gasteiger partial charge in [0.15, 0.2) is 0 Å². The number of benzene rings is 2. The third-order valence-electron chi connectivity index (χ3n) is 7.01. The first-order chi connectivity index (χ1) is 19.8. The first kappa shape index (κ1) is 33.6. The third kappa shape index (κ3) is 7.92. The van der Waals surface area contributed by atoms with Gasteiger partial charge in [-0.2, -0.15) is 0 Å². The van der Waals surface area contributed by atoms with Crippen LogP contribution in [0.3, 0.4) is 0 Å². The Balaban J connectivity index is 0.00000155. The van der Waals surface area contributed by atoms with Gasteiger partial charge >= 0.3 is 13.8 Å². The van der Waals surface area contributed by atoms with E-state index in [0.29, 0.717) is 31.4 Å². The number of fused-ring (bicyclic) bond motifs is 1. The number of methoxy groups -OCH3 is 1. The van der Waals surface area contributed by atoms with Crippen molar-refractivity contribution >= 4 is 52.7 Å². The van der Waals surface area contributed by atoms with E-state index in [4.69, 9.17) is 31.1 Å². The summed E-state index contributed by atoms with van der Waals surface area (Å²) in [5.74, 6) is -1.06. The molecule has 0 spiro atoms. The van der Waals surface area contributed by atoms with Gasteiger partial charge in [-0.3, -0.25) is 4.79 Å². The average Bonchev–Trinajstić information content (AvgIpc) is 3.31. The van der Waals surface area contributed by atoms with Crippen LogP contribution in [0.25, 0.3) is 10.1 Å². The maximum atomic E-state index is 14.6. The van der Waals surface area contributed by atoms with Crippen molar-refractivity contribution in [3.05, 3.63) is 63.5 Å². The molecule has 1 aliphatic rings. The predicted molar refractivity (Wildman–Crippen MR) is 161 cm³/mol. The van der Waals surface area contributed by atoms with Crippen LogP contribution in [-0.2, 0) is 11.3 Å². The molecule has 2 aromatic carbocycles. The SMILES string of the molecule is COc1ccccc1CN(C(=O)c1sc2c(F)ccc(F)c2c1Cl)C1CCC(N(C)C(=O)OC(C)(C)C)CC1.OBO. The van der Waals surface area contributed by atoms with Crippen LogP contribution in [0.1, 0.15) is 61.7 Å². The number of ether oxygens (including phenoxy) is 2. The van der Waals surface area contributed by atoms with Crippen molar-refractivity contribution in [3.63, 3.8) is 0 Å². The minimum absolute atomic E-state index is 0.0169. The number of thiophene rings is 1. The molecule has 1 aliphatic carbocycles. The van der Waals surface area contributed by atoms with Gasteiger partial charge in [-0.25, -0.2) is 13.6 Å². The highest BCUT2D eigenvalue weighted by Gasteiger charge is 2.35. The molecule has 228 valence electrons. The fraction of sp³-hybridized carbons (Fsp3) is 0.448. The molecule has 0 saturated heterocycles. The highest BCUT2D eigenvalue weighted by molar-refractivity contribution is 7.21. The van der Waals surface area contributed by atoms with Crippen molar-refractivity contribution in [1.82, 2.24) is 9.80 Å². The van der Waals surface area contributed by atoms with Crippen molar-refractivity contribution in [2.75, 3.05) is 14.2 Å². The first-order valence-corrected chi connectivity index (χ1v) is 14.7. The predicted octanol–water partition coefficient (Wildman–Crippen LogP) is 5.90. The van der Waals surface area contributed by atoms with E-state index >= 15 is 0 Å². The molecule has 1 heterocycles. The molecule has 0 aliphatic heterocycles. The Bertz CT molecular complexity index is 1390. The lowest BCUT2D eigenvalue weighted by Gasteiger charge is -2.40. The van der Waals surface area contributed by atoms with Gasteiger partial charge in [-0.05, 0) is 64.7 Å². The van der Waals surface area contributed by atoms with Crippen LogP contribution in [-0.4, -0.2) is 71.4 Å². The van der Waals surface area contributed by atoms with Crippen molar-refractivity contribution in [3.8, 4) is 5.75 Å². The van der Waals surface area contributed by atoms with E-state index in [9.17, 15) is 18.4 Å². The molecule has 4 rings (SSSR count). The van der Waals surface area contributed by atoms with Crippen LogP contribution in [0.4, 0.5) is 13.6 Å². The molecule has 0 atom stereocenters. The quantitative estimate of drug-likeness (QED) is 0.332. The summed E-state index contributed by atoms with van der Waals surface area (Å²) < 4.78 is 40.1. The normalized spacial score (nSPS) is 16.7. The second kappa shape index (κ2) is 14.5. The summed E-state index contributed by atoms with van der Waals surface area (Å²) in [4.78, 5) is 30.1. The third-order valence-corrected chi connectivity index (χ3v) is 8.68. The summed E-state index contributed by atoms with van der Waals surface area (Å²) in [5, 5.41) is 14.1. The second-order valence-corrected chi connectivity index (χ2v) is 12.3. The Morgan fingerprint density at radius 2 is 1.62 bits per heavy atom. The van der Waals surface area contributed by atoms with E-state index in [-0.39, 0.29) is 44.7 Å². The summed E-state index contributed by atoms with van der Waals surface area (Å²) in [5.41, 5.74) is 0.208. The molecular formula is C29H36BClF2N2O6S. The topological polar surface area (TPSA) is 99.5 Å². The molecular weight excluding hydrogens is 589 g/mol. The van der Waals surface area contributed by atoms with Gasteiger partial charge in [-0.15, -0.1) is 11.3 Å². The van der Waals surface area contributed by atoms with Crippen LogP contribution >= 0.6 is 22.9 Å². The van der Waals surface area contributed by atoms with Crippen LogP contribution in [0.5, 0.6) is 5.75 Å². The number of carbonyl (C=O) groups excluding carboxylic acids is 2. The number of rotatable bonds is 6. The lowest BCUT2D eigenvalue weighted by molar-refractivity contribution is 0.0144. The van der Waals surface area contributed by atoms with E-state index in [2.05, 4.69) is 0 Å². The lowest BCUT2D eigenvalue weighted by Crippen LogP contribution is -2.47. The van der Waals surface area contributed by atoms with Crippen LogP contribution in [0, 0.1) is 11.6 Å². The summed E-state index contributed by atoms with van der Waals surface area (Å²) >= 11 is 7.36. The molecule has 0 radical (unpaired) electrons. The monoisotopic (exact) mass is 624 g/mol. The number of amides is 2. The van der Waals surface area contributed by atoms with Crippen LogP contribution in [0.2, 0.25) is 5.02 Å². The lowest BCUT2D eigenvalue weighted by atomic mass is 9.89. The van der Waals surface area contributed by atoms with Gasteiger partial charge in [0.1, 0.15) is 27.9 Å². The smallest absolute Gasteiger partial charge is 0.432 e. The number of hydrogen-bond donors (Lipinski definition) is 2. The highest BCUT2D eigenvalue weighted by Crippen LogP contribution is 2.40. The van der Waals surface area contributed by atoms with Crippen LogP contribution in [0.15, 0.2) is 36.4 Å². The number of nitrogens with zero attached hydrogens (tertiary/aromatic N) is 2. The van der Waals surface area contributed by atoms with Crippen LogP contribution < -0.4 is 4.74 Å². The zero-order chi connectivity index (χ0) is 31.2. The number of halogens is 3. The minimum atomic E-state index is -0.750. The Morgan fingerprint density at radius 3 is 2.19 bits per heavy atom. The largest absolute Gasteiger partial charge is 0.496 e. The van der Waals surface area contributed by atoms with Crippen molar-refractivity contribution in [2.24, 2.45) is 0 Å². The van der Waals surface area contributed by atoms with Crippen molar-refractivity contribution in [1.29, 1.82) is 0 Å². The van der Waals surface area contributed by atoms with Gasteiger partial charge in [0.2, 0.25) is 0 Å². The molecule has 2 amide bonds. The van der Waals surface area contributed by atoms with Gasteiger partial charge in [-0.1, -0.05) is 29.8 Å². The highest BCUT2D eigenvalue weighted by atomic mass is 35.5. The molecule has 1 saturated carbocycles. The maximum Gasteiger partial charge on any atom is 0.432 e. The number of carbonyl (C=O) groups is 2. The molecule has 1 fully saturated rings. The molecule has 13 heteroatoms. The molecule has 42 heavy (non-hydrogen) atoms. The summed E-state index contributed by atoms with van der Waals surface area (Å²) in [7, 11) is 2.55. The van der Waals surface area contributed by atoms with Crippen molar-refractivity contribution < 1.29 is 37.9 Å². The van der Waals surface area contributed by atoms with Gasteiger partial charge < -0.3 is 29.3 Å². The molecule has 8 nitrogen and oxygen atoms in total. The molecule has 2 N–H and O–H groups in total. The summed E-state index contributed by atoms with van der Waals surface area (Å²) in [6.45, 7) is 5.71.